The van der Waals surface area contributed by atoms with E-state index < -0.39 is 20.8 Å². The number of carbonyl (C=O) groups excluding carboxylic acids is 1. The van der Waals surface area contributed by atoms with Crippen LogP contribution in [0.2, 0.25) is 0 Å². The summed E-state index contributed by atoms with van der Waals surface area (Å²) in [5.41, 5.74) is 0.707. The van der Waals surface area contributed by atoms with E-state index in [1.807, 2.05) is 10.8 Å². The minimum Gasteiger partial charge on any atom is -0.272 e. The summed E-state index contributed by atoms with van der Waals surface area (Å²) in [6.45, 7) is 0. The van der Waals surface area contributed by atoms with E-state index in [-0.39, 0.29) is 0 Å². The van der Waals surface area contributed by atoms with Crippen LogP contribution in [0.15, 0.2) is 30.3 Å². The van der Waals surface area contributed by atoms with Crippen LogP contribution in [-0.4, -0.2) is 20.6 Å². The molecule has 0 bridgehead atoms. The van der Waals surface area contributed by atoms with Gasteiger partial charge in [-0.3, -0.25) is 9.52 Å². The van der Waals surface area contributed by atoms with E-state index in [0.717, 1.165) is 6.26 Å². The van der Waals surface area contributed by atoms with E-state index in [1.54, 1.807) is 24.3 Å². The second-order valence-corrected chi connectivity index (χ2v) is 5.68. The second-order valence-electron chi connectivity index (χ2n) is 3.01. The fraction of sp³-hybridized carbons (Fsp3) is 0.222. The molecular formula is C9H10BrNO3S. The number of hydrogen-bond acceptors (Lipinski definition) is 3. The highest BCUT2D eigenvalue weighted by atomic mass is 79.9. The molecule has 0 fully saturated rings. The van der Waals surface area contributed by atoms with Crippen LogP contribution in [0, 0.1) is 0 Å². The number of hydrogen-bond donors (Lipinski definition) is 1. The third-order valence-electron chi connectivity index (χ3n) is 1.61. The van der Waals surface area contributed by atoms with E-state index in [0.29, 0.717) is 5.56 Å². The van der Waals surface area contributed by atoms with Gasteiger partial charge in [-0.25, -0.2) is 8.42 Å². The Morgan fingerprint density at radius 3 is 2.33 bits per heavy atom. The monoisotopic (exact) mass is 291 g/mol. The summed E-state index contributed by atoms with van der Waals surface area (Å²) < 4.78 is 23.6. The van der Waals surface area contributed by atoms with Crippen LogP contribution < -0.4 is 4.72 Å². The molecule has 1 N–H and O–H groups in total. The minimum absolute atomic E-state index is 0.594. The molecular weight excluding hydrogens is 282 g/mol. The number of carbonyl (C=O) groups is 1. The summed E-state index contributed by atoms with van der Waals surface area (Å²) in [5, 5.41) is 0. The maximum atomic E-state index is 11.4. The Bertz CT molecular complexity index is 444. The topological polar surface area (TPSA) is 63.2 Å². The molecule has 0 aromatic heterocycles. The lowest BCUT2D eigenvalue weighted by Crippen LogP contribution is -2.31. The number of alkyl halides is 1. The summed E-state index contributed by atoms with van der Waals surface area (Å²) in [6, 6.07) is 8.84. The molecule has 0 spiro atoms. The highest BCUT2D eigenvalue weighted by Crippen LogP contribution is 2.22. The Morgan fingerprint density at radius 1 is 1.33 bits per heavy atom. The maximum absolute atomic E-state index is 11.4. The van der Waals surface area contributed by atoms with Crippen LogP contribution in [0.5, 0.6) is 0 Å². The van der Waals surface area contributed by atoms with Gasteiger partial charge >= 0.3 is 0 Å². The van der Waals surface area contributed by atoms with Gasteiger partial charge in [0.25, 0.3) is 5.91 Å². The fourth-order valence-corrected chi connectivity index (χ4v) is 2.06. The standard InChI is InChI=1S/C9H10BrNO3S/c1-15(13,14)11-9(12)8(10)7-5-3-2-4-6-7/h2-6,8H,1H3,(H,11,12). The Balaban J connectivity index is 2.78. The number of nitrogens with one attached hydrogen (secondary N) is 1. The van der Waals surface area contributed by atoms with Crippen molar-refractivity contribution in [2.75, 3.05) is 6.26 Å². The van der Waals surface area contributed by atoms with Crippen LogP contribution in [-0.2, 0) is 14.8 Å². The molecule has 0 radical (unpaired) electrons. The van der Waals surface area contributed by atoms with Crippen molar-refractivity contribution in [2.24, 2.45) is 0 Å². The van der Waals surface area contributed by atoms with Crippen LogP contribution in [0.4, 0.5) is 0 Å². The molecule has 1 amide bonds. The molecule has 1 rings (SSSR count). The average Bonchev–Trinajstić information content (AvgIpc) is 2.15. The third-order valence-corrected chi connectivity index (χ3v) is 3.12. The Hall–Kier alpha value is -0.880. The highest BCUT2D eigenvalue weighted by Gasteiger charge is 2.19. The van der Waals surface area contributed by atoms with Crippen molar-refractivity contribution in [3.63, 3.8) is 0 Å². The van der Waals surface area contributed by atoms with Crippen molar-refractivity contribution in [2.45, 2.75) is 4.83 Å². The molecule has 0 saturated heterocycles. The number of rotatable bonds is 3. The van der Waals surface area contributed by atoms with Gasteiger partial charge in [0.05, 0.1) is 6.26 Å². The summed E-state index contributed by atoms with van der Waals surface area (Å²) in [5.74, 6) is -0.594. The number of amides is 1. The first kappa shape index (κ1) is 12.2. The smallest absolute Gasteiger partial charge is 0.251 e. The number of benzene rings is 1. The molecule has 0 aliphatic rings. The summed E-state index contributed by atoms with van der Waals surface area (Å²) in [7, 11) is -3.51. The van der Waals surface area contributed by atoms with Gasteiger partial charge in [-0.05, 0) is 5.56 Å². The van der Waals surface area contributed by atoms with Gasteiger partial charge in [-0.2, -0.15) is 0 Å². The van der Waals surface area contributed by atoms with E-state index >= 15 is 0 Å². The molecule has 4 nitrogen and oxygen atoms in total. The van der Waals surface area contributed by atoms with Gasteiger partial charge in [0.15, 0.2) is 0 Å². The minimum atomic E-state index is -3.51. The zero-order valence-corrected chi connectivity index (χ0v) is 10.4. The average molecular weight is 292 g/mol. The van der Waals surface area contributed by atoms with E-state index in [1.165, 1.54) is 0 Å². The third kappa shape index (κ3) is 4.01. The Labute approximate surface area is 96.9 Å². The molecule has 0 saturated carbocycles. The van der Waals surface area contributed by atoms with Crippen LogP contribution in [0.25, 0.3) is 0 Å². The predicted molar refractivity (Wildman–Crippen MR) is 61.1 cm³/mol. The first-order valence-electron chi connectivity index (χ1n) is 4.11. The molecule has 82 valence electrons. The molecule has 15 heavy (non-hydrogen) atoms. The lowest BCUT2D eigenvalue weighted by Gasteiger charge is -2.09. The maximum Gasteiger partial charge on any atom is 0.251 e. The Kier molecular flexibility index (Phi) is 3.87. The van der Waals surface area contributed by atoms with E-state index in [2.05, 4.69) is 15.9 Å². The molecule has 0 heterocycles. The quantitative estimate of drug-likeness (QED) is 0.851. The van der Waals surface area contributed by atoms with Gasteiger partial charge in [-0.1, -0.05) is 46.3 Å². The first-order valence-corrected chi connectivity index (χ1v) is 6.91. The fourth-order valence-electron chi connectivity index (χ4n) is 1.01. The Morgan fingerprint density at radius 2 is 1.87 bits per heavy atom. The lowest BCUT2D eigenvalue weighted by atomic mass is 10.1. The second kappa shape index (κ2) is 4.76. The van der Waals surface area contributed by atoms with Crippen molar-refractivity contribution < 1.29 is 13.2 Å². The van der Waals surface area contributed by atoms with Crippen molar-refractivity contribution in [3.05, 3.63) is 35.9 Å². The van der Waals surface area contributed by atoms with Crippen LogP contribution >= 0.6 is 15.9 Å². The molecule has 1 aromatic rings. The van der Waals surface area contributed by atoms with Gasteiger partial charge in [0.2, 0.25) is 10.0 Å². The SMILES string of the molecule is CS(=O)(=O)NC(=O)C(Br)c1ccccc1. The van der Waals surface area contributed by atoms with Gasteiger partial charge in [-0.15, -0.1) is 0 Å². The molecule has 6 heteroatoms. The molecule has 0 aliphatic heterocycles. The predicted octanol–water partition coefficient (Wildman–Crippen LogP) is 1.20. The van der Waals surface area contributed by atoms with Gasteiger partial charge in [0.1, 0.15) is 4.83 Å². The van der Waals surface area contributed by atoms with Crippen molar-refractivity contribution in [1.82, 2.24) is 4.72 Å². The van der Waals surface area contributed by atoms with Gasteiger partial charge in [0, 0.05) is 0 Å². The lowest BCUT2D eigenvalue weighted by molar-refractivity contribution is -0.118. The largest absolute Gasteiger partial charge is 0.272 e. The normalized spacial score (nSPS) is 13.2. The molecule has 1 aromatic carbocycles. The zero-order chi connectivity index (χ0) is 11.5. The van der Waals surface area contributed by atoms with Crippen LogP contribution in [0.1, 0.15) is 10.4 Å². The van der Waals surface area contributed by atoms with E-state index in [4.69, 9.17) is 0 Å². The first-order chi connectivity index (χ1) is 6.90. The van der Waals surface area contributed by atoms with Crippen LogP contribution in [0.3, 0.4) is 0 Å². The summed E-state index contributed by atoms with van der Waals surface area (Å²) >= 11 is 3.13. The van der Waals surface area contributed by atoms with Gasteiger partial charge < -0.3 is 0 Å². The number of halogens is 1. The van der Waals surface area contributed by atoms with Crippen molar-refractivity contribution in [3.8, 4) is 0 Å². The summed E-state index contributed by atoms with van der Waals surface area (Å²) in [6.07, 6.45) is 0.940. The van der Waals surface area contributed by atoms with E-state index in [9.17, 15) is 13.2 Å². The highest BCUT2D eigenvalue weighted by molar-refractivity contribution is 9.09. The zero-order valence-electron chi connectivity index (χ0n) is 7.98. The van der Waals surface area contributed by atoms with Crippen molar-refractivity contribution in [1.29, 1.82) is 0 Å². The molecule has 0 aliphatic carbocycles. The molecule has 1 unspecified atom stereocenters. The summed E-state index contributed by atoms with van der Waals surface area (Å²) in [4.78, 5) is 10.8. The molecule has 1 atom stereocenters. The number of sulfonamides is 1. The van der Waals surface area contributed by atoms with Crippen molar-refractivity contribution >= 4 is 31.9 Å².